The molecule has 53 heavy (non-hydrogen) atoms. The van der Waals surface area contributed by atoms with Crippen molar-refractivity contribution in [3.05, 3.63) is 143 Å². The topological polar surface area (TPSA) is 214 Å². The molecule has 1 fully saturated rings. The molecule has 0 bridgehead atoms. The summed E-state index contributed by atoms with van der Waals surface area (Å²) in [7, 11) is -16.5. The Labute approximate surface area is 303 Å². The van der Waals surface area contributed by atoms with E-state index < -0.39 is 60.8 Å². The van der Waals surface area contributed by atoms with Crippen molar-refractivity contribution in [3.8, 4) is 0 Å². The maximum absolute atomic E-state index is 13.0. The summed E-state index contributed by atoms with van der Waals surface area (Å²) in [5.74, 6) is 0.338. The number of ether oxygens (including phenoxy) is 2. The van der Waals surface area contributed by atoms with Crippen molar-refractivity contribution >= 4 is 40.1 Å². The van der Waals surface area contributed by atoms with E-state index in [9.17, 15) is 33.2 Å². The first-order chi connectivity index (χ1) is 25.3. The number of nitrogens with zero attached hydrogens (tertiary/aromatic N) is 2. The Balaban J connectivity index is 1.07. The van der Waals surface area contributed by atoms with Gasteiger partial charge in [0.1, 0.15) is 18.1 Å². The van der Waals surface area contributed by atoms with E-state index in [1.165, 1.54) is 10.8 Å². The fourth-order valence-corrected chi connectivity index (χ4v) is 8.97. The van der Waals surface area contributed by atoms with E-state index in [0.717, 1.165) is 21.9 Å². The fraction of sp³-hybridized carbons (Fsp3) is 0.235. The summed E-state index contributed by atoms with van der Waals surface area (Å²) in [6, 6.07) is 32.6. The van der Waals surface area contributed by atoms with Gasteiger partial charge in [-0.05, 0) is 39.6 Å². The lowest BCUT2D eigenvalue weighted by Crippen LogP contribution is -2.29. The molecule has 0 saturated carbocycles. The summed E-state index contributed by atoms with van der Waals surface area (Å²) >= 11 is 0. The number of nitrogens with one attached hydrogen (secondary N) is 1. The average Bonchev–Trinajstić information content (AvgIpc) is 3.54. The highest BCUT2D eigenvalue weighted by Gasteiger charge is 2.44. The summed E-state index contributed by atoms with van der Waals surface area (Å²) in [5.41, 5.74) is 1.61. The van der Waals surface area contributed by atoms with Crippen LogP contribution < -0.4 is 11.0 Å². The van der Waals surface area contributed by atoms with Gasteiger partial charge in [0, 0.05) is 19.2 Å². The number of phosphoric ester groups is 2. The van der Waals surface area contributed by atoms with Crippen molar-refractivity contribution in [3.63, 3.8) is 0 Å². The van der Waals surface area contributed by atoms with Gasteiger partial charge in [-0.1, -0.05) is 97.1 Å². The second-order valence-corrected chi connectivity index (χ2v) is 16.5. The van der Waals surface area contributed by atoms with Crippen LogP contribution in [-0.4, -0.2) is 43.0 Å². The van der Waals surface area contributed by atoms with Crippen LogP contribution in [0.4, 0.5) is 5.82 Å². The van der Waals surface area contributed by atoms with Gasteiger partial charge in [-0.15, -0.1) is 0 Å². The summed E-state index contributed by atoms with van der Waals surface area (Å²) in [4.78, 5) is 47.6. The van der Waals surface area contributed by atoms with E-state index in [1.807, 2.05) is 78.9 Å². The summed E-state index contributed by atoms with van der Waals surface area (Å²) in [6.45, 7) is -0.666. The molecule has 19 heteroatoms. The summed E-state index contributed by atoms with van der Waals surface area (Å²) in [5, 5.41) is 4.81. The van der Waals surface area contributed by atoms with E-state index in [4.69, 9.17) is 18.5 Å². The van der Waals surface area contributed by atoms with Gasteiger partial charge in [0.05, 0.1) is 25.9 Å². The van der Waals surface area contributed by atoms with E-state index >= 15 is 0 Å². The van der Waals surface area contributed by atoms with Crippen LogP contribution in [0, 0.1) is 0 Å². The van der Waals surface area contributed by atoms with Crippen molar-refractivity contribution in [1.82, 2.24) is 9.55 Å². The zero-order chi connectivity index (χ0) is 37.5. The van der Waals surface area contributed by atoms with Gasteiger partial charge >= 0.3 is 29.2 Å². The minimum Gasteiger partial charge on any atom is -0.371 e. The van der Waals surface area contributed by atoms with Gasteiger partial charge in [-0.3, -0.25) is 13.6 Å². The number of anilines is 1. The second-order valence-electron chi connectivity index (χ2n) is 11.9. The minimum absolute atomic E-state index is 0.0969. The van der Waals surface area contributed by atoms with Crippen molar-refractivity contribution in [1.29, 1.82) is 0 Å². The molecule has 0 amide bonds. The molecule has 0 aliphatic carbocycles. The molecule has 3 unspecified atom stereocenters. The van der Waals surface area contributed by atoms with E-state index in [1.54, 1.807) is 30.3 Å². The third-order valence-electron chi connectivity index (χ3n) is 7.97. The van der Waals surface area contributed by atoms with Gasteiger partial charge in [0.15, 0.2) is 0 Å². The Hall–Kier alpha value is -3.85. The third kappa shape index (κ3) is 11.3. The Bertz CT molecular complexity index is 2210. The number of hydrogen-bond donors (Lipinski definition) is 4. The number of fused-ring (bicyclic) bond motifs is 1. The van der Waals surface area contributed by atoms with Crippen LogP contribution in [0.3, 0.4) is 0 Å². The lowest BCUT2D eigenvalue weighted by atomic mass is 10.1. The van der Waals surface area contributed by atoms with Gasteiger partial charge in [-0.25, -0.2) is 18.5 Å². The van der Waals surface area contributed by atoms with E-state index in [2.05, 4.69) is 18.9 Å². The molecular weight excluding hydrogens is 751 g/mol. The number of benzene rings is 4. The standard InChI is InChI=1S/C34H36N3O13P3/c38-34-36-32(35-21-25-9-3-1-4-10-25)17-18-37(34)33-20-30(45-22-26-11-5-2-6-12-26)31(48-33)24-47-52(41,42)50-53(43,44)49-51(39,40)46-23-27-15-16-28-13-7-8-14-29(28)19-27/h1-19,30-31,33H,20-24H2,(H,39,40)(H,41,42)(H,43,44)(H,35,36,38)/t30-,31-,33-/m1/s1. The normalized spacial score (nSPS) is 20.7. The molecular formula is C34H36N3O13P3. The van der Waals surface area contributed by atoms with Crippen molar-refractivity contribution in [2.75, 3.05) is 11.9 Å². The number of hydrogen-bond acceptors (Lipinski definition) is 12. The molecule has 4 aromatic carbocycles. The molecule has 0 radical (unpaired) electrons. The van der Waals surface area contributed by atoms with Gasteiger partial charge in [0.25, 0.3) is 0 Å². The monoisotopic (exact) mass is 787 g/mol. The molecule has 5 aromatic rings. The maximum Gasteiger partial charge on any atom is 0.490 e. The summed E-state index contributed by atoms with van der Waals surface area (Å²) in [6.07, 6.45) is -1.25. The van der Waals surface area contributed by atoms with Crippen molar-refractivity contribution in [2.45, 2.75) is 44.6 Å². The average molecular weight is 788 g/mol. The first-order valence-electron chi connectivity index (χ1n) is 16.2. The second kappa shape index (κ2) is 17.1. The molecule has 1 aromatic heterocycles. The summed E-state index contributed by atoms with van der Waals surface area (Å²) < 4.78 is 69.5. The van der Waals surface area contributed by atoms with Crippen LogP contribution in [-0.2, 0) is 60.6 Å². The van der Waals surface area contributed by atoms with Crippen LogP contribution in [0.5, 0.6) is 0 Å². The lowest BCUT2D eigenvalue weighted by molar-refractivity contribution is -0.0645. The Morgan fingerprint density at radius 3 is 2.08 bits per heavy atom. The molecule has 1 aliphatic heterocycles. The highest BCUT2D eigenvalue weighted by Crippen LogP contribution is 2.68. The van der Waals surface area contributed by atoms with E-state index in [-0.39, 0.29) is 13.0 Å². The zero-order valence-electron chi connectivity index (χ0n) is 27.9. The first kappa shape index (κ1) is 38.9. The van der Waals surface area contributed by atoms with Crippen LogP contribution >= 0.6 is 23.5 Å². The maximum atomic E-state index is 13.0. The predicted molar refractivity (Wildman–Crippen MR) is 192 cm³/mol. The largest absolute Gasteiger partial charge is 0.490 e. The van der Waals surface area contributed by atoms with Crippen LogP contribution in [0.25, 0.3) is 10.8 Å². The molecule has 2 heterocycles. The third-order valence-corrected chi connectivity index (χ3v) is 12.2. The predicted octanol–water partition coefficient (Wildman–Crippen LogP) is 6.45. The fourth-order valence-electron chi connectivity index (χ4n) is 5.47. The molecule has 4 N–H and O–H groups in total. The Morgan fingerprint density at radius 1 is 0.736 bits per heavy atom. The highest BCUT2D eigenvalue weighted by atomic mass is 31.3. The van der Waals surface area contributed by atoms with Gasteiger partial charge in [0.2, 0.25) is 0 Å². The van der Waals surface area contributed by atoms with Crippen LogP contribution in [0.1, 0.15) is 29.3 Å². The van der Waals surface area contributed by atoms with E-state index in [0.29, 0.717) is 17.9 Å². The first-order valence-corrected chi connectivity index (χ1v) is 20.7. The molecule has 0 spiro atoms. The molecule has 1 saturated heterocycles. The van der Waals surface area contributed by atoms with Crippen molar-refractivity contribution in [2.24, 2.45) is 0 Å². The lowest BCUT2D eigenvalue weighted by Gasteiger charge is -2.22. The minimum atomic E-state index is -5.73. The molecule has 16 nitrogen and oxygen atoms in total. The molecule has 280 valence electrons. The number of rotatable bonds is 17. The Morgan fingerprint density at radius 2 is 1.38 bits per heavy atom. The smallest absolute Gasteiger partial charge is 0.371 e. The van der Waals surface area contributed by atoms with Crippen LogP contribution in [0.2, 0.25) is 0 Å². The molecule has 1 aliphatic rings. The van der Waals surface area contributed by atoms with Crippen LogP contribution in [0.15, 0.2) is 120 Å². The molecule has 6 atom stereocenters. The zero-order valence-corrected chi connectivity index (χ0v) is 30.6. The van der Waals surface area contributed by atoms with Crippen molar-refractivity contribution < 1.29 is 55.5 Å². The number of phosphoric acid groups is 3. The highest BCUT2D eigenvalue weighted by molar-refractivity contribution is 7.66. The Kier molecular flexibility index (Phi) is 12.5. The molecule has 6 rings (SSSR count). The van der Waals surface area contributed by atoms with Gasteiger partial charge < -0.3 is 29.5 Å². The SMILES string of the molecule is O=c1nc(NCc2ccccc2)ccn1[C@H]1C[C@@H](OCc2ccccc2)[C@@H](COP(=O)(O)OP(=O)(O)OP(=O)(O)OCc2ccc3ccccc3c2)O1. The quantitative estimate of drug-likeness (QED) is 0.0746. The number of aromatic nitrogens is 2. The van der Waals surface area contributed by atoms with Gasteiger partial charge in [-0.2, -0.15) is 13.6 Å².